The fourth-order valence-electron chi connectivity index (χ4n) is 6.51. The highest BCUT2D eigenvalue weighted by Crippen LogP contribution is 2.54. The number of allylic oxidation sites excluding steroid dienone is 1. The van der Waals surface area contributed by atoms with Crippen LogP contribution in [0.25, 0.3) is 28.2 Å². The van der Waals surface area contributed by atoms with Gasteiger partial charge in [-0.3, -0.25) is 4.98 Å². The Kier molecular flexibility index (Phi) is 6.02. The lowest BCUT2D eigenvalue weighted by molar-refractivity contribution is 0.0486. The fraction of sp³-hybridized carbons (Fsp3) is 0.375. The van der Waals surface area contributed by atoms with Crippen LogP contribution in [0.3, 0.4) is 0 Å². The molecule has 0 bridgehead atoms. The lowest BCUT2D eigenvalue weighted by atomic mass is 9.57. The van der Waals surface area contributed by atoms with Crippen molar-refractivity contribution in [3.05, 3.63) is 69.8 Å². The zero-order valence-corrected chi connectivity index (χ0v) is 24.2. The Bertz CT molecular complexity index is 1740. The number of benzene rings is 1. The molecule has 0 amide bonds. The predicted octanol–water partition coefficient (Wildman–Crippen LogP) is 7.64. The minimum Gasteiger partial charge on any atom is -0.490 e. The molecular formula is C32H28Cl2N4O4. The van der Waals surface area contributed by atoms with Gasteiger partial charge in [-0.25, -0.2) is 9.78 Å². The van der Waals surface area contributed by atoms with E-state index in [4.69, 9.17) is 32.5 Å². The molecule has 3 aromatic heterocycles. The molecule has 0 unspecified atom stereocenters. The molecule has 1 aliphatic heterocycles. The summed E-state index contributed by atoms with van der Waals surface area (Å²) in [6.45, 7) is 1.99. The standard InChI is InChI=1S/C32H28Cl2N4O4/c33-23-13-35-14-24(34)28(23)29-21(30(42-37-29)18-2-3-18)7-1-17-11-32(12-17)15-38(16-32)19-4-8-25-22(9-19)27(41-20-5-6-20)10-26(36-25)31(39)40/h1,4,7-10,13-14,17-18,20H,2-3,5-6,11-12,15-16H2,(H,39,40)/b7-1+. The van der Waals surface area contributed by atoms with Crippen LogP contribution in [0.4, 0.5) is 5.69 Å². The number of aromatic carboxylic acids is 1. The van der Waals surface area contributed by atoms with E-state index in [0.717, 1.165) is 74.0 Å². The average Bonchev–Trinajstić information content (AvgIpc) is 3.86. The summed E-state index contributed by atoms with van der Waals surface area (Å²) in [4.78, 5) is 22.4. The smallest absolute Gasteiger partial charge is 0.354 e. The molecule has 1 N–H and O–H groups in total. The molecule has 4 aliphatic rings. The van der Waals surface area contributed by atoms with Crippen LogP contribution in [0.5, 0.6) is 5.75 Å². The molecular weight excluding hydrogens is 575 g/mol. The topological polar surface area (TPSA) is 102 Å². The number of halogens is 2. The summed E-state index contributed by atoms with van der Waals surface area (Å²) >= 11 is 12.9. The number of ether oxygens (including phenoxy) is 1. The predicted molar refractivity (Wildman–Crippen MR) is 160 cm³/mol. The van der Waals surface area contributed by atoms with Crippen LogP contribution in [0, 0.1) is 11.3 Å². The summed E-state index contributed by atoms with van der Waals surface area (Å²) < 4.78 is 11.9. The molecule has 3 aliphatic carbocycles. The van der Waals surface area contributed by atoms with Crippen molar-refractivity contribution in [2.24, 2.45) is 11.3 Å². The van der Waals surface area contributed by atoms with Crippen LogP contribution in [0.2, 0.25) is 10.0 Å². The van der Waals surface area contributed by atoms with Gasteiger partial charge in [0.05, 0.1) is 21.7 Å². The van der Waals surface area contributed by atoms with Crippen molar-refractivity contribution in [1.29, 1.82) is 0 Å². The molecule has 4 aromatic rings. The minimum absolute atomic E-state index is 0.0110. The number of carbonyl (C=O) groups is 1. The van der Waals surface area contributed by atoms with E-state index in [2.05, 4.69) is 38.2 Å². The van der Waals surface area contributed by atoms with Crippen molar-refractivity contribution in [1.82, 2.24) is 15.1 Å². The van der Waals surface area contributed by atoms with Gasteiger partial charge in [-0.05, 0) is 62.6 Å². The molecule has 4 heterocycles. The Morgan fingerprint density at radius 1 is 1.10 bits per heavy atom. The molecule has 8 rings (SSSR count). The van der Waals surface area contributed by atoms with E-state index >= 15 is 0 Å². The lowest BCUT2D eigenvalue weighted by Crippen LogP contribution is -2.62. The van der Waals surface area contributed by atoms with Crippen LogP contribution in [0.1, 0.15) is 66.3 Å². The van der Waals surface area contributed by atoms with Gasteiger partial charge in [0, 0.05) is 65.1 Å². The molecule has 42 heavy (non-hydrogen) atoms. The van der Waals surface area contributed by atoms with Crippen molar-refractivity contribution >= 4 is 51.8 Å². The number of rotatable bonds is 8. The number of hydrogen-bond acceptors (Lipinski definition) is 7. The second-order valence-corrected chi connectivity index (χ2v) is 13.1. The number of aromatic nitrogens is 3. The summed E-state index contributed by atoms with van der Waals surface area (Å²) in [5, 5.41) is 15.7. The van der Waals surface area contributed by atoms with Crippen LogP contribution in [-0.2, 0) is 0 Å². The molecule has 1 saturated heterocycles. The summed E-state index contributed by atoms with van der Waals surface area (Å²) in [7, 11) is 0. The van der Waals surface area contributed by atoms with Gasteiger partial charge >= 0.3 is 5.97 Å². The summed E-state index contributed by atoms with van der Waals surface area (Å²) in [6, 6.07) is 7.59. The van der Waals surface area contributed by atoms with E-state index in [1.165, 1.54) is 0 Å². The Labute approximate surface area is 252 Å². The quantitative estimate of drug-likeness (QED) is 0.219. The van der Waals surface area contributed by atoms with Gasteiger partial charge < -0.3 is 19.3 Å². The molecule has 8 nitrogen and oxygen atoms in total. The Morgan fingerprint density at radius 3 is 2.55 bits per heavy atom. The Hall–Kier alpha value is -3.62. The highest BCUT2D eigenvalue weighted by Gasteiger charge is 2.51. The molecule has 0 radical (unpaired) electrons. The number of carboxylic acids is 1. The summed E-state index contributed by atoms with van der Waals surface area (Å²) in [5.41, 5.74) is 4.41. The minimum atomic E-state index is -1.05. The maximum atomic E-state index is 11.6. The maximum Gasteiger partial charge on any atom is 0.354 e. The van der Waals surface area contributed by atoms with Crippen molar-refractivity contribution in [2.75, 3.05) is 18.0 Å². The van der Waals surface area contributed by atoms with E-state index in [1.807, 2.05) is 12.1 Å². The van der Waals surface area contributed by atoms with E-state index in [9.17, 15) is 9.90 Å². The Morgan fingerprint density at radius 2 is 1.86 bits per heavy atom. The van der Waals surface area contributed by atoms with Gasteiger partial charge in [-0.1, -0.05) is 40.5 Å². The van der Waals surface area contributed by atoms with E-state index in [-0.39, 0.29) is 11.8 Å². The molecule has 1 aromatic carbocycles. The number of fused-ring (bicyclic) bond motifs is 1. The van der Waals surface area contributed by atoms with Gasteiger partial charge in [-0.15, -0.1) is 0 Å². The van der Waals surface area contributed by atoms with Gasteiger partial charge in [0.15, 0.2) is 5.69 Å². The average molecular weight is 604 g/mol. The molecule has 10 heteroatoms. The summed E-state index contributed by atoms with van der Waals surface area (Å²) in [6.07, 6.45) is 14.3. The Balaban J connectivity index is 0.973. The van der Waals surface area contributed by atoms with Gasteiger partial charge in [-0.2, -0.15) is 0 Å². The second kappa shape index (κ2) is 9.71. The normalized spacial score (nSPS) is 19.8. The number of hydrogen-bond donors (Lipinski definition) is 1. The first-order chi connectivity index (χ1) is 20.4. The number of carboxylic acid groups (broad SMARTS) is 1. The first-order valence-electron chi connectivity index (χ1n) is 14.4. The van der Waals surface area contributed by atoms with Crippen molar-refractivity contribution in [3.8, 4) is 17.0 Å². The second-order valence-electron chi connectivity index (χ2n) is 12.3. The zero-order valence-electron chi connectivity index (χ0n) is 22.7. The van der Waals surface area contributed by atoms with E-state index in [1.54, 1.807) is 18.5 Å². The largest absolute Gasteiger partial charge is 0.490 e. The van der Waals surface area contributed by atoms with Crippen molar-refractivity contribution in [3.63, 3.8) is 0 Å². The number of nitrogens with zero attached hydrogens (tertiary/aromatic N) is 4. The number of anilines is 1. The zero-order chi connectivity index (χ0) is 28.6. The highest BCUT2D eigenvalue weighted by atomic mass is 35.5. The first kappa shape index (κ1) is 26.0. The van der Waals surface area contributed by atoms with Gasteiger partial charge in [0.1, 0.15) is 17.2 Å². The van der Waals surface area contributed by atoms with Crippen molar-refractivity contribution in [2.45, 2.75) is 50.5 Å². The van der Waals surface area contributed by atoms with Crippen LogP contribution >= 0.6 is 23.2 Å². The van der Waals surface area contributed by atoms with Gasteiger partial charge in [0.2, 0.25) is 0 Å². The van der Waals surface area contributed by atoms with Gasteiger partial charge in [0.25, 0.3) is 0 Å². The molecule has 214 valence electrons. The monoisotopic (exact) mass is 602 g/mol. The van der Waals surface area contributed by atoms with Crippen LogP contribution < -0.4 is 9.64 Å². The van der Waals surface area contributed by atoms with E-state index in [0.29, 0.717) is 49.8 Å². The third kappa shape index (κ3) is 4.61. The molecule has 3 saturated carbocycles. The van der Waals surface area contributed by atoms with E-state index < -0.39 is 5.97 Å². The fourth-order valence-corrected chi connectivity index (χ4v) is 7.05. The summed E-state index contributed by atoms with van der Waals surface area (Å²) in [5.74, 6) is 1.37. The van der Waals surface area contributed by atoms with Crippen LogP contribution in [0.15, 0.2) is 47.3 Å². The van der Waals surface area contributed by atoms with Crippen LogP contribution in [-0.4, -0.2) is 45.4 Å². The first-order valence-corrected chi connectivity index (χ1v) is 15.2. The molecule has 1 spiro atoms. The SMILES string of the molecule is O=C(O)c1cc(OC2CC2)c2cc(N3CC4(CC(/C=C/c5c(-c6c(Cl)cncc6Cl)noc5C5CC5)C4)C3)ccc2n1. The van der Waals surface area contributed by atoms with Crippen molar-refractivity contribution < 1.29 is 19.2 Å². The highest BCUT2D eigenvalue weighted by molar-refractivity contribution is 6.39. The lowest BCUT2D eigenvalue weighted by Gasteiger charge is -2.59. The third-order valence-corrected chi connectivity index (χ3v) is 9.50. The molecule has 0 atom stereocenters. The maximum absolute atomic E-state index is 11.6. The third-order valence-electron chi connectivity index (χ3n) is 8.93. The molecule has 4 fully saturated rings. The number of pyridine rings is 2.